The smallest absolute Gasteiger partial charge is 0.258 e. The number of pyridine rings is 2. The maximum Gasteiger partial charge on any atom is 0.258 e. The number of aromatic nitrogens is 2. The van der Waals surface area contributed by atoms with Crippen molar-refractivity contribution in [2.24, 2.45) is 5.41 Å². The zero-order chi connectivity index (χ0) is 30.5. The summed E-state index contributed by atoms with van der Waals surface area (Å²) in [6.07, 6.45) is 13.8. The second kappa shape index (κ2) is 10.8. The summed E-state index contributed by atoms with van der Waals surface area (Å²) < 4.78 is 1.73. The summed E-state index contributed by atoms with van der Waals surface area (Å²) >= 11 is 6.87. The minimum atomic E-state index is -0.330. The Morgan fingerprint density at radius 2 is 1.98 bits per heavy atom. The van der Waals surface area contributed by atoms with Crippen LogP contribution in [0.15, 0.2) is 65.5 Å². The van der Waals surface area contributed by atoms with Crippen LogP contribution < -0.4 is 27.2 Å². The van der Waals surface area contributed by atoms with Gasteiger partial charge in [-0.3, -0.25) is 14.8 Å². The van der Waals surface area contributed by atoms with Crippen molar-refractivity contribution in [2.45, 2.75) is 65.6 Å². The molecular weight excluding hydrogens is 558 g/mol. The van der Waals surface area contributed by atoms with Gasteiger partial charge in [0.15, 0.2) is 0 Å². The van der Waals surface area contributed by atoms with Crippen LogP contribution in [0.2, 0.25) is 5.02 Å². The molecule has 8 nitrogen and oxygen atoms in total. The molecule has 4 aromatic rings. The topological polar surface area (TPSA) is 86.2 Å². The number of anilines is 2. The lowest BCUT2D eigenvalue weighted by molar-refractivity contribution is 0.190. The molecule has 6 rings (SSSR count). The quantitative estimate of drug-likeness (QED) is 0.172. The molecule has 3 heterocycles. The summed E-state index contributed by atoms with van der Waals surface area (Å²) in [6.45, 7) is 12.1. The van der Waals surface area contributed by atoms with Crippen LogP contribution in [-0.4, -0.2) is 26.6 Å². The van der Waals surface area contributed by atoms with Gasteiger partial charge < -0.3 is 20.6 Å². The second-order valence-electron chi connectivity index (χ2n) is 12.9. The molecule has 0 saturated heterocycles. The molecule has 2 aliphatic rings. The summed E-state index contributed by atoms with van der Waals surface area (Å²) in [6, 6.07) is 11.5. The molecule has 0 bridgehead atoms. The molecule has 1 aliphatic heterocycles. The van der Waals surface area contributed by atoms with Gasteiger partial charge in [0.25, 0.3) is 5.56 Å². The van der Waals surface area contributed by atoms with Crippen molar-refractivity contribution in [3.05, 3.63) is 87.2 Å². The minimum absolute atomic E-state index is 0.00425. The number of rotatable bonds is 8. The second-order valence-corrected chi connectivity index (χ2v) is 13.3. The molecule has 9 heteroatoms. The van der Waals surface area contributed by atoms with Gasteiger partial charge in [0.1, 0.15) is 0 Å². The van der Waals surface area contributed by atoms with E-state index in [0.29, 0.717) is 28.0 Å². The number of terminal acetylenes is 1. The van der Waals surface area contributed by atoms with E-state index in [1.54, 1.807) is 10.8 Å². The third kappa shape index (κ3) is 5.51. The summed E-state index contributed by atoms with van der Waals surface area (Å²) in [5.41, 5.74) is 11.7. The van der Waals surface area contributed by atoms with Crippen molar-refractivity contribution < 1.29 is 0 Å². The SMILES string of the molecule is C#Cc1cnc2c(Cl)cc(N[C@H](C3=CN(C4(C)CC4)NN3)c3cccc4c(=O)n(CC)ccc34)cc2c1NCC(C)(C)C. The molecule has 1 saturated carbocycles. The van der Waals surface area contributed by atoms with Gasteiger partial charge in [-0.05, 0) is 67.3 Å². The molecule has 0 amide bonds. The third-order valence-electron chi connectivity index (χ3n) is 8.35. The van der Waals surface area contributed by atoms with Crippen LogP contribution in [0, 0.1) is 17.8 Å². The van der Waals surface area contributed by atoms with Crippen molar-refractivity contribution in [1.82, 2.24) is 25.5 Å². The number of nitrogens with zero attached hydrogens (tertiary/aromatic N) is 3. The normalized spacial score (nSPS) is 16.5. The first-order chi connectivity index (χ1) is 20.5. The van der Waals surface area contributed by atoms with Crippen LogP contribution in [0.4, 0.5) is 11.4 Å². The molecule has 2 aromatic carbocycles. The number of hydrogen-bond donors (Lipinski definition) is 4. The van der Waals surface area contributed by atoms with Crippen molar-refractivity contribution in [2.75, 3.05) is 17.2 Å². The summed E-state index contributed by atoms with van der Waals surface area (Å²) in [4.78, 5) is 17.9. The third-order valence-corrected chi connectivity index (χ3v) is 8.63. The van der Waals surface area contributed by atoms with E-state index in [0.717, 1.165) is 52.8 Å². The molecule has 222 valence electrons. The summed E-state index contributed by atoms with van der Waals surface area (Å²) in [5, 5.41) is 12.4. The number of nitrogens with one attached hydrogen (secondary N) is 4. The lowest BCUT2D eigenvalue weighted by Gasteiger charge is -2.24. The fraction of sp³-hybridized carbons (Fsp3) is 0.353. The highest BCUT2D eigenvalue weighted by molar-refractivity contribution is 6.35. The first kappa shape index (κ1) is 28.9. The Balaban J connectivity index is 1.49. The van der Waals surface area contributed by atoms with Crippen LogP contribution in [0.3, 0.4) is 0 Å². The molecule has 0 radical (unpaired) electrons. The largest absolute Gasteiger partial charge is 0.383 e. The minimum Gasteiger partial charge on any atom is -0.383 e. The Morgan fingerprint density at radius 1 is 1.19 bits per heavy atom. The number of halogens is 1. The fourth-order valence-electron chi connectivity index (χ4n) is 5.52. The van der Waals surface area contributed by atoms with Gasteiger partial charge in [0, 0.05) is 48.1 Å². The molecule has 1 atom stereocenters. The summed E-state index contributed by atoms with van der Waals surface area (Å²) in [5.74, 6) is 2.78. The highest BCUT2D eigenvalue weighted by atomic mass is 35.5. The van der Waals surface area contributed by atoms with Crippen molar-refractivity contribution >= 4 is 44.7 Å². The first-order valence-corrected chi connectivity index (χ1v) is 15.1. The molecular formula is C34H38ClN7O. The molecule has 4 N–H and O–H groups in total. The first-order valence-electron chi connectivity index (χ1n) is 14.8. The fourth-order valence-corrected chi connectivity index (χ4v) is 5.79. The Kier molecular flexibility index (Phi) is 7.27. The van der Waals surface area contributed by atoms with Crippen LogP contribution in [-0.2, 0) is 6.54 Å². The van der Waals surface area contributed by atoms with Gasteiger partial charge in [0.05, 0.1) is 39.1 Å². The predicted molar refractivity (Wildman–Crippen MR) is 177 cm³/mol. The Labute approximate surface area is 257 Å². The number of hydrazine groups is 2. The molecule has 0 spiro atoms. The van der Waals surface area contributed by atoms with Gasteiger partial charge in [-0.15, -0.1) is 12.0 Å². The van der Waals surface area contributed by atoms with Crippen molar-refractivity contribution in [3.63, 3.8) is 0 Å². The molecule has 1 fully saturated rings. The Hall–Kier alpha value is -4.19. The van der Waals surface area contributed by atoms with E-state index in [2.05, 4.69) is 77.5 Å². The van der Waals surface area contributed by atoms with Crippen LogP contribution in [0.1, 0.15) is 64.6 Å². The van der Waals surface area contributed by atoms with Gasteiger partial charge in [0.2, 0.25) is 0 Å². The lowest BCUT2D eigenvalue weighted by Crippen LogP contribution is -2.43. The standard InChI is InChI=1S/C34H38ClN7O/c1-7-21-18-36-30-26(29(21)37-20-33(3,4)5)16-22(17-27(30)35)38-31(28-19-42(40-39-28)34(6)13-14-34)24-10-9-11-25-23(24)12-15-41(8-2)32(25)43/h1,9-12,15-19,31,38-40H,8,13-14,20H2,2-6H3,(H,36,37)/t31-/m0/s1. The van der Waals surface area contributed by atoms with E-state index in [4.69, 9.17) is 18.0 Å². The average Bonchev–Trinajstić information content (AvgIpc) is 3.53. The van der Waals surface area contributed by atoms with Gasteiger partial charge in [-0.1, -0.05) is 50.4 Å². The predicted octanol–water partition coefficient (Wildman–Crippen LogP) is 6.53. The van der Waals surface area contributed by atoms with E-state index in [1.165, 1.54) is 0 Å². The van der Waals surface area contributed by atoms with E-state index in [1.807, 2.05) is 43.5 Å². The zero-order valence-corrected chi connectivity index (χ0v) is 26.1. The maximum atomic E-state index is 13.3. The molecule has 0 unspecified atom stereocenters. The van der Waals surface area contributed by atoms with Crippen molar-refractivity contribution in [3.8, 4) is 12.3 Å². The number of aryl methyl sites for hydroxylation is 1. The monoisotopic (exact) mass is 595 g/mol. The van der Waals surface area contributed by atoms with Gasteiger partial charge in [-0.25, -0.2) is 0 Å². The molecule has 2 aromatic heterocycles. The van der Waals surface area contributed by atoms with Crippen molar-refractivity contribution in [1.29, 1.82) is 0 Å². The van der Waals surface area contributed by atoms with E-state index >= 15 is 0 Å². The molecule has 1 aliphatic carbocycles. The van der Waals surface area contributed by atoms with Gasteiger partial charge in [-0.2, -0.15) is 0 Å². The number of benzene rings is 2. The van der Waals surface area contributed by atoms with Crippen LogP contribution in [0.5, 0.6) is 0 Å². The highest BCUT2D eigenvalue weighted by Gasteiger charge is 2.44. The van der Waals surface area contributed by atoms with Gasteiger partial charge >= 0.3 is 0 Å². The number of fused-ring (bicyclic) bond motifs is 2. The van der Waals surface area contributed by atoms with Crippen LogP contribution >= 0.6 is 11.6 Å². The van der Waals surface area contributed by atoms with E-state index in [9.17, 15) is 4.79 Å². The average molecular weight is 596 g/mol. The van der Waals surface area contributed by atoms with E-state index in [-0.39, 0.29) is 22.6 Å². The Bertz CT molecular complexity index is 1860. The lowest BCUT2D eigenvalue weighted by atomic mass is 9.96. The van der Waals surface area contributed by atoms with Crippen LogP contribution in [0.25, 0.3) is 21.7 Å². The zero-order valence-electron chi connectivity index (χ0n) is 25.3. The number of hydrogen-bond acceptors (Lipinski definition) is 7. The van der Waals surface area contributed by atoms with E-state index < -0.39 is 0 Å². The summed E-state index contributed by atoms with van der Waals surface area (Å²) in [7, 11) is 0. The maximum absolute atomic E-state index is 13.3. The molecule has 43 heavy (non-hydrogen) atoms. The highest BCUT2D eigenvalue weighted by Crippen LogP contribution is 2.43. The Morgan fingerprint density at radius 3 is 2.67 bits per heavy atom.